The van der Waals surface area contributed by atoms with Crippen LogP contribution in [0.1, 0.15) is 79.3 Å². The van der Waals surface area contributed by atoms with Crippen LogP contribution in [-0.2, 0) is 27.7 Å². The maximum absolute atomic E-state index is 13.6. The Morgan fingerprint density at radius 3 is 2.45 bits per heavy atom. The zero-order chi connectivity index (χ0) is 49.6. The fraction of sp³-hybridized carbons (Fsp3) is 0.385. The number of nitrogens with zero attached hydrogens (tertiary/aromatic N) is 9. The summed E-state index contributed by atoms with van der Waals surface area (Å²) in [5.74, 6) is 7.21. The van der Waals surface area contributed by atoms with Gasteiger partial charge in [0.15, 0.2) is 0 Å². The number of piperidine rings is 1. The van der Waals surface area contributed by atoms with Crippen LogP contribution >= 0.6 is 23.1 Å². The van der Waals surface area contributed by atoms with Gasteiger partial charge in [-0.3, -0.25) is 39.3 Å². The van der Waals surface area contributed by atoms with Gasteiger partial charge in [-0.2, -0.15) is 10.1 Å². The van der Waals surface area contributed by atoms with E-state index < -0.39 is 19.1 Å². The van der Waals surface area contributed by atoms with Crippen LogP contribution in [0.2, 0.25) is 0 Å². The number of unbranched alkanes of at least 4 members (excludes halogenated alkanes) is 6. The van der Waals surface area contributed by atoms with E-state index in [2.05, 4.69) is 85.7 Å². The third-order valence-electron chi connectivity index (χ3n) is 13.3. The van der Waals surface area contributed by atoms with Crippen molar-refractivity contribution in [1.82, 2.24) is 44.8 Å². The second-order valence-electron chi connectivity index (χ2n) is 18.6. The molecule has 0 radical (unpaired) electrons. The van der Waals surface area contributed by atoms with Crippen LogP contribution in [0.4, 0.5) is 28.8 Å². The van der Waals surface area contributed by atoms with E-state index >= 15 is 0 Å². The Morgan fingerprint density at radius 2 is 1.69 bits per heavy atom. The van der Waals surface area contributed by atoms with Crippen molar-refractivity contribution in [2.75, 3.05) is 68.7 Å². The van der Waals surface area contributed by atoms with Gasteiger partial charge in [0.2, 0.25) is 17.8 Å². The minimum Gasteiger partial charge on any atom is -0.494 e. The van der Waals surface area contributed by atoms with Crippen LogP contribution in [0.3, 0.4) is 0 Å². The number of carbonyl (C=O) groups excluding carboxylic acids is 3. The van der Waals surface area contributed by atoms with Gasteiger partial charge in [-0.15, -0.1) is 0 Å². The van der Waals surface area contributed by atoms with Crippen molar-refractivity contribution in [3.63, 3.8) is 0 Å². The summed E-state index contributed by atoms with van der Waals surface area (Å²) in [6.07, 6.45) is 17.0. The Labute approximate surface area is 422 Å². The Balaban J connectivity index is 0.763. The lowest BCUT2D eigenvalue weighted by Crippen LogP contribution is -2.52. The van der Waals surface area contributed by atoms with E-state index in [1.54, 1.807) is 54.7 Å². The Hall–Kier alpha value is -6.67. The highest BCUT2D eigenvalue weighted by molar-refractivity contribution is 9.10. The van der Waals surface area contributed by atoms with Crippen molar-refractivity contribution in [3.8, 4) is 28.7 Å². The minimum absolute atomic E-state index is 0.176. The minimum atomic E-state index is -2.80. The van der Waals surface area contributed by atoms with Gasteiger partial charge in [0.1, 0.15) is 30.3 Å². The quantitative estimate of drug-likeness (QED) is 0.0345. The molecule has 71 heavy (non-hydrogen) atoms. The topological polar surface area (TPSA) is 193 Å². The molecule has 19 heteroatoms. The van der Waals surface area contributed by atoms with Crippen LogP contribution in [0.15, 0.2) is 77.9 Å². The number of carbonyl (C=O) groups is 3. The van der Waals surface area contributed by atoms with Crippen molar-refractivity contribution >= 4 is 86.0 Å². The molecular weight excluding hydrogens is 984 g/mol. The smallest absolute Gasteiger partial charge is 0.255 e. The summed E-state index contributed by atoms with van der Waals surface area (Å²) in [6.45, 7) is 8.52. The summed E-state index contributed by atoms with van der Waals surface area (Å²) >= 11 is 3.61. The number of halogens is 1. The highest BCUT2D eigenvalue weighted by atomic mass is 79.9. The van der Waals surface area contributed by atoms with Crippen molar-refractivity contribution < 1.29 is 23.7 Å². The molecule has 0 aliphatic carbocycles. The first-order valence-corrected chi connectivity index (χ1v) is 27.5. The van der Waals surface area contributed by atoms with Crippen molar-refractivity contribution in [2.45, 2.75) is 70.4 Å². The van der Waals surface area contributed by atoms with E-state index in [1.165, 1.54) is 19.3 Å². The molecule has 0 spiro atoms. The molecule has 2 saturated heterocycles. The number of benzene rings is 3. The van der Waals surface area contributed by atoms with E-state index in [0.717, 1.165) is 86.3 Å². The van der Waals surface area contributed by atoms with Gasteiger partial charge in [0.05, 0.1) is 40.0 Å². The Bertz CT molecular complexity index is 3100. The third-order valence-corrected chi connectivity index (χ3v) is 15.4. The molecule has 2 fully saturated rings. The van der Waals surface area contributed by atoms with Gasteiger partial charge in [-0.1, -0.05) is 43.6 Å². The van der Waals surface area contributed by atoms with Gasteiger partial charge in [0.25, 0.3) is 5.91 Å². The number of fused-ring (bicyclic) bond motifs is 2. The number of anilines is 5. The zero-order valence-electron chi connectivity index (χ0n) is 40.5. The fourth-order valence-electron chi connectivity index (χ4n) is 9.65. The average Bonchev–Trinajstić information content (AvgIpc) is 3.95. The normalized spacial score (nSPS) is 16.2. The maximum atomic E-state index is 13.6. The number of aryl methyl sites for hydroxylation is 1. The van der Waals surface area contributed by atoms with E-state index in [0.29, 0.717) is 68.2 Å². The van der Waals surface area contributed by atoms with Gasteiger partial charge in [-0.05, 0) is 91.0 Å². The summed E-state index contributed by atoms with van der Waals surface area (Å²) < 4.78 is 22.0. The van der Waals surface area contributed by atoms with Gasteiger partial charge in [0, 0.05) is 111 Å². The summed E-state index contributed by atoms with van der Waals surface area (Å²) in [7, 11) is 0.778. The molecule has 0 saturated carbocycles. The molecule has 1 atom stereocenters. The summed E-state index contributed by atoms with van der Waals surface area (Å²) in [4.78, 5) is 62.2. The zero-order valence-corrected chi connectivity index (χ0v) is 43.0. The standard InChI is InChI=1S/C52H58BrN12O5P/c1-62-32-35(30-57-62)37-28-42(59-52-56-31-39(53)49(61-52)58-41-18-17-40-47(55-22-21-54-40)48(41)71(3,4)69)45(70-2)29-44(37)64-26-24-63(25-27-64)23-12-10-8-6-5-7-9-11-14-34-15-13-16-36-38(34)33-65(51(36)68)43-19-20-46(66)60-50(43)67/h13,15-18,21-22,28-32,43H,5-10,12,19-20,23-27,33H2,1-4H3,(H,60,66,67)(H2,56,58,59,61). The van der Waals surface area contributed by atoms with E-state index in [1.807, 2.05) is 43.7 Å². The van der Waals surface area contributed by atoms with Crippen LogP contribution in [-0.4, -0.2) is 116 Å². The number of amides is 3. The monoisotopic (exact) mass is 1040 g/mol. The average molecular weight is 1040 g/mol. The van der Waals surface area contributed by atoms with Crippen LogP contribution < -0.4 is 30.9 Å². The summed E-state index contributed by atoms with van der Waals surface area (Å²) in [5, 5.41) is 14.3. The van der Waals surface area contributed by atoms with Crippen molar-refractivity contribution in [2.24, 2.45) is 7.05 Å². The van der Waals surface area contributed by atoms with Gasteiger partial charge >= 0.3 is 0 Å². The predicted octanol–water partition coefficient (Wildman–Crippen LogP) is 7.99. The molecule has 3 aliphatic rings. The first kappa shape index (κ1) is 49.3. The molecular formula is C52H58BrN12O5P. The highest BCUT2D eigenvalue weighted by Crippen LogP contribution is 2.43. The lowest BCUT2D eigenvalue weighted by molar-refractivity contribution is -0.136. The first-order valence-electron chi connectivity index (χ1n) is 24.1. The van der Waals surface area contributed by atoms with E-state index in [4.69, 9.17) is 9.72 Å². The number of hydrogen-bond donors (Lipinski definition) is 3. The van der Waals surface area contributed by atoms with Gasteiger partial charge < -0.3 is 29.7 Å². The van der Waals surface area contributed by atoms with Crippen LogP contribution in [0, 0.1) is 11.8 Å². The SMILES string of the molecule is COc1cc(N2CCN(CCCCCCCCC#Cc3cccc4c3CN(C3CCC(=O)NC3=O)C4=O)CC2)c(-c2cnn(C)c2)cc1Nc1ncc(Br)c(Nc2ccc3nccnc3c2P(C)(C)=O)n1. The molecule has 3 amide bonds. The molecule has 0 bridgehead atoms. The summed E-state index contributed by atoms with van der Waals surface area (Å²) in [5.41, 5.74) is 7.92. The van der Waals surface area contributed by atoms with E-state index in [9.17, 15) is 18.9 Å². The van der Waals surface area contributed by atoms with E-state index in [-0.39, 0.29) is 18.2 Å². The molecule has 6 aromatic rings. The molecule has 6 heterocycles. The molecule has 9 rings (SSSR count). The maximum Gasteiger partial charge on any atom is 0.255 e. The molecule has 3 aromatic carbocycles. The number of ether oxygens (including phenoxy) is 1. The number of methoxy groups -OCH3 is 1. The van der Waals surface area contributed by atoms with Crippen molar-refractivity contribution in [1.29, 1.82) is 0 Å². The number of nitrogens with one attached hydrogen (secondary N) is 3. The molecule has 17 nitrogen and oxygen atoms in total. The molecule has 1 unspecified atom stereocenters. The fourth-order valence-corrected chi connectivity index (χ4v) is 11.3. The lowest BCUT2D eigenvalue weighted by Gasteiger charge is -2.37. The number of aromatic nitrogens is 6. The van der Waals surface area contributed by atoms with Crippen LogP contribution in [0.25, 0.3) is 22.2 Å². The number of hydrogen-bond acceptors (Lipinski definition) is 14. The lowest BCUT2D eigenvalue weighted by atomic mass is 10.0. The van der Waals surface area contributed by atoms with Crippen LogP contribution in [0.5, 0.6) is 5.75 Å². The Kier molecular flexibility index (Phi) is 15.1. The third kappa shape index (κ3) is 11.3. The summed E-state index contributed by atoms with van der Waals surface area (Å²) in [6, 6.07) is 12.8. The Morgan fingerprint density at radius 1 is 0.901 bits per heavy atom. The number of imide groups is 1. The second-order valence-corrected chi connectivity index (χ2v) is 22.6. The number of rotatable bonds is 17. The largest absolute Gasteiger partial charge is 0.494 e. The number of piperazine rings is 1. The first-order chi connectivity index (χ1) is 34.3. The highest BCUT2D eigenvalue weighted by Gasteiger charge is 2.39. The molecule has 3 aliphatic heterocycles. The molecule has 368 valence electrons. The predicted molar refractivity (Wildman–Crippen MR) is 280 cm³/mol. The molecule has 3 aromatic heterocycles. The van der Waals surface area contributed by atoms with Gasteiger partial charge in [-0.25, -0.2) is 4.98 Å². The van der Waals surface area contributed by atoms with Crippen molar-refractivity contribution in [3.05, 3.63) is 94.6 Å². The molecule has 3 N–H and O–H groups in total. The second kappa shape index (κ2) is 21.8.